The SMILES string of the molecule is C[Si](C)(C)c1cccc2cc(-c3ccccc3)nn12. The number of rotatable bonds is 2. The Balaban J connectivity index is 2.22. The van der Waals surface area contributed by atoms with Gasteiger partial charge in [0.25, 0.3) is 0 Å². The first-order valence-corrected chi connectivity index (χ1v) is 10.1. The summed E-state index contributed by atoms with van der Waals surface area (Å²) in [6.45, 7) is 7.06. The first kappa shape index (κ1) is 12.2. The number of nitrogens with zero attached hydrogens (tertiary/aromatic N) is 2. The summed E-state index contributed by atoms with van der Waals surface area (Å²) in [7, 11) is -1.38. The van der Waals surface area contributed by atoms with Crippen molar-refractivity contribution in [3.8, 4) is 11.3 Å². The lowest BCUT2D eigenvalue weighted by Crippen LogP contribution is -2.42. The molecule has 0 saturated heterocycles. The molecule has 96 valence electrons. The van der Waals surface area contributed by atoms with Crippen molar-refractivity contribution in [1.29, 1.82) is 0 Å². The standard InChI is InChI=1S/C16H18N2Si/c1-19(2,3)16-11-7-10-14-12-15(17-18(14)16)13-8-5-4-6-9-13/h4-12H,1-3H3. The van der Waals surface area contributed by atoms with Crippen molar-refractivity contribution >= 4 is 18.9 Å². The Hall–Kier alpha value is -1.87. The highest BCUT2D eigenvalue weighted by atomic mass is 28.3. The van der Waals surface area contributed by atoms with Gasteiger partial charge in [0.15, 0.2) is 0 Å². The molecule has 0 saturated carbocycles. The summed E-state index contributed by atoms with van der Waals surface area (Å²) in [5, 5.41) is 6.17. The van der Waals surface area contributed by atoms with Gasteiger partial charge in [0.2, 0.25) is 0 Å². The van der Waals surface area contributed by atoms with Crippen LogP contribution in [0.3, 0.4) is 0 Å². The van der Waals surface area contributed by atoms with Gasteiger partial charge in [0, 0.05) is 10.9 Å². The molecule has 0 atom stereocenters. The molecule has 0 radical (unpaired) electrons. The lowest BCUT2D eigenvalue weighted by atomic mass is 10.1. The quantitative estimate of drug-likeness (QED) is 0.648. The lowest BCUT2D eigenvalue weighted by molar-refractivity contribution is 0.989. The molecular weight excluding hydrogens is 248 g/mol. The van der Waals surface area contributed by atoms with E-state index in [1.807, 2.05) is 6.07 Å². The average molecular weight is 266 g/mol. The van der Waals surface area contributed by atoms with Crippen LogP contribution >= 0.6 is 0 Å². The maximum Gasteiger partial charge on any atom is 0.101 e. The van der Waals surface area contributed by atoms with Crippen LogP contribution in [-0.4, -0.2) is 17.7 Å². The third kappa shape index (κ3) is 2.21. The number of benzene rings is 1. The summed E-state index contributed by atoms with van der Waals surface area (Å²) < 4.78 is 2.12. The summed E-state index contributed by atoms with van der Waals surface area (Å²) in [5.74, 6) is 0. The first-order valence-electron chi connectivity index (χ1n) is 6.60. The molecule has 3 rings (SSSR count). The van der Waals surface area contributed by atoms with Gasteiger partial charge in [-0.15, -0.1) is 0 Å². The minimum absolute atomic E-state index is 1.05. The number of hydrogen-bond donors (Lipinski definition) is 0. The lowest BCUT2D eigenvalue weighted by Gasteiger charge is -2.17. The molecule has 0 bridgehead atoms. The maximum atomic E-state index is 4.80. The van der Waals surface area contributed by atoms with Crippen molar-refractivity contribution in [1.82, 2.24) is 9.61 Å². The highest BCUT2D eigenvalue weighted by Crippen LogP contribution is 2.19. The number of hydrogen-bond acceptors (Lipinski definition) is 1. The second-order valence-corrected chi connectivity index (χ2v) is 10.9. The van der Waals surface area contributed by atoms with Crippen LogP contribution in [0.15, 0.2) is 54.6 Å². The Labute approximate surface area is 114 Å². The molecule has 0 fully saturated rings. The minimum atomic E-state index is -1.38. The fraction of sp³-hybridized carbons (Fsp3) is 0.188. The van der Waals surface area contributed by atoms with E-state index in [9.17, 15) is 0 Å². The normalized spacial score (nSPS) is 11.9. The van der Waals surface area contributed by atoms with Gasteiger partial charge in [-0.05, 0) is 18.2 Å². The van der Waals surface area contributed by atoms with Crippen LogP contribution in [-0.2, 0) is 0 Å². The highest BCUT2D eigenvalue weighted by Gasteiger charge is 2.20. The van der Waals surface area contributed by atoms with E-state index in [4.69, 9.17) is 5.10 Å². The number of pyridine rings is 1. The van der Waals surface area contributed by atoms with Gasteiger partial charge in [0.1, 0.15) is 8.07 Å². The largest absolute Gasteiger partial charge is 0.242 e. The van der Waals surface area contributed by atoms with Crippen molar-refractivity contribution in [3.05, 3.63) is 54.6 Å². The zero-order valence-corrected chi connectivity index (χ0v) is 12.6. The molecule has 3 heteroatoms. The van der Waals surface area contributed by atoms with Crippen LogP contribution in [0.1, 0.15) is 0 Å². The van der Waals surface area contributed by atoms with Crippen LogP contribution in [0, 0.1) is 0 Å². The Morgan fingerprint density at radius 3 is 2.32 bits per heavy atom. The second kappa shape index (κ2) is 4.35. The van der Waals surface area contributed by atoms with E-state index in [0.717, 1.165) is 5.69 Å². The summed E-state index contributed by atoms with van der Waals surface area (Å²) in [4.78, 5) is 0. The summed E-state index contributed by atoms with van der Waals surface area (Å²) in [5.41, 5.74) is 3.40. The van der Waals surface area contributed by atoms with Gasteiger partial charge in [-0.25, -0.2) is 4.52 Å². The van der Waals surface area contributed by atoms with Crippen LogP contribution in [0.4, 0.5) is 0 Å². The third-order valence-electron chi connectivity index (χ3n) is 3.32. The van der Waals surface area contributed by atoms with Gasteiger partial charge < -0.3 is 0 Å². The van der Waals surface area contributed by atoms with Gasteiger partial charge >= 0.3 is 0 Å². The molecule has 0 aliphatic heterocycles. The van der Waals surface area contributed by atoms with Crippen LogP contribution < -0.4 is 5.32 Å². The van der Waals surface area contributed by atoms with E-state index in [-0.39, 0.29) is 0 Å². The Morgan fingerprint density at radius 2 is 1.63 bits per heavy atom. The van der Waals surface area contributed by atoms with Gasteiger partial charge in [0.05, 0.1) is 11.2 Å². The fourth-order valence-corrected chi connectivity index (χ4v) is 3.74. The van der Waals surface area contributed by atoms with E-state index >= 15 is 0 Å². The van der Waals surface area contributed by atoms with E-state index in [1.54, 1.807) is 0 Å². The number of fused-ring (bicyclic) bond motifs is 1. The zero-order chi connectivity index (χ0) is 13.5. The highest BCUT2D eigenvalue weighted by molar-refractivity contribution is 6.88. The first-order chi connectivity index (χ1) is 9.05. The van der Waals surface area contributed by atoms with E-state index in [0.29, 0.717) is 0 Å². The smallest absolute Gasteiger partial charge is 0.101 e. The third-order valence-corrected chi connectivity index (χ3v) is 5.24. The summed E-state index contributed by atoms with van der Waals surface area (Å²) in [6, 6.07) is 19.0. The summed E-state index contributed by atoms with van der Waals surface area (Å²) >= 11 is 0. The van der Waals surface area contributed by atoms with Gasteiger partial charge in [-0.3, -0.25) is 0 Å². The molecule has 2 aromatic heterocycles. The molecule has 0 amide bonds. The molecule has 2 nitrogen and oxygen atoms in total. The molecule has 0 spiro atoms. The Bertz CT molecular complexity index is 708. The van der Waals surface area contributed by atoms with Gasteiger partial charge in [-0.2, -0.15) is 5.10 Å². The van der Waals surface area contributed by atoms with Crippen LogP contribution in [0.5, 0.6) is 0 Å². The molecule has 2 heterocycles. The van der Waals surface area contributed by atoms with Crippen molar-refractivity contribution in [2.24, 2.45) is 0 Å². The molecular formula is C16H18N2Si. The molecule has 3 aromatic rings. The topological polar surface area (TPSA) is 17.3 Å². The van der Waals surface area contributed by atoms with Crippen molar-refractivity contribution < 1.29 is 0 Å². The molecule has 0 aliphatic rings. The average Bonchev–Trinajstić information content (AvgIpc) is 2.82. The second-order valence-electron chi connectivity index (χ2n) is 5.89. The predicted molar refractivity (Wildman–Crippen MR) is 83.6 cm³/mol. The van der Waals surface area contributed by atoms with Crippen molar-refractivity contribution in [2.75, 3.05) is 0 Å². The molecule has 19 heavy (non-hydrogen) atoms. The van der Waals surface area contributed by atoms with Crippen LogP contribution in [0.2, 0.25) is 19.6 Å². The molecule has 1 aromatic carbocycles. The van der Waals surface area contributed by atoms with Crippen LogP contribution in [0.25, 0.3) is 16.8 Å². The minimum Gasteiger partial charge on any atom is -0.242 e. The summed E-state index contributed by atoms with van der Waals surface area (Å²) in [6.07, 6.45) is 0. The fourth-order valence-electron chi connectivity index (χ4n) is 2.33. The van der Waals surface area contributed by atoms with Crippen molar-refractivity contribution in [3.63, 3.8) is 0 Å². The maximum absolute atomic E-state index is 4.80. The van der Waals surface area contributed by atoms with E-state index < -0.39 is 8.07 Å². The Kier molecular flexibility index (Phi) is 2.79. The predicted octanol–water partition coefficient (Wildman–Crippen LogP) is 3.55. The van der Waals surface area contributed by atoms with Gasteiger partial charge in [-0.1, -0.05) is 56.0 Å². The monoisotopic (exact) mass is 266 g/mol. The van der Waals surface area contributed by atoms with E-state index in [2.05, 4.69) is 72.7 Å². The van der Waals surface area contributed by atoms with Crippen molar-refractivity contribution in [2.45, 2.75) is 19.6 Å². The zero-order valence-electron chi connectivity index (χ0n) is 11.6. The molecule has 0 aliphatic carbocycles. The molecule has 0 unspecified atom stereocenters. The Morgan fingerprint density at radius 1 is 0.895 bits per heavy atom. The molecule has 0 N–H and O–H groups in total. The number of aromatic nitrogens is 2. The van der Waals surface area contributed by atoms with E-state index in [1.165, 1.54) is 16.4 Å².